The Morgan fingerprint density at radius 1 is 1.43 bits per heavy atom. The van der Waals surface area contributed by atoms with Gasteiger partial charge in [0.05, 0.1) is 23.7 Å². The molecule has 0 aliphatic carbocycles. The van der Waals surface area contributed by atoms with Crippen LogP contribution in [-0.4, -0.2) is 6.04 Å². The highest BCUT2D eigenvalue weighted by Gasteiger charge is 1.99. The maximum absolute atomic E-state index is 8.66. The summed E-state index contributed by atoms with van der Waals surface area (Å²) >= 11 is 0. The Bertz CT molecular complexity index is 384. The van der Waals surface area contributed by atoms with Crippen molar-refractivity contribution in [2.75, 3.05) is 0 Å². The molecule has 1 rings (SSSR count). The number of hydrogen-bond acceptors (Lipinski definition) is 3. The SMILES string of the molecule is CC(C#N)NCc1cccc(C#N)c1. The number of nitrogens with zero attached hydrogens (tertiary/aromatic N) is 2. The van der Waals surface area contributed by atoms with Gasteiger partial charge in [-0.15, -0.1) is 0 Å². The van der Waals surface area contributed by atoms with Gasteiger partial charge in [-0.2, -0.15) is 10.5 Å². The van der Waals surface area contributed by atoms with Gasteiger partial charge in [0.25, 0.3) is 0 Å². The van der Waals surface area contributed by atoms with Gasteiger partial charge in [-0.25, -0.2) is 0 Å². The topological polar surface area (TPSA) is 59.6 Å². The lowest BCUT2D eigenvalue weighted by molar-refractivity contribution is 0.642. The Kier molecular flexibility index (Phi) is 3.67. The predicted octanol–water partition coefficient (Wildman–Crippen LogP) is 1.56. The molecule has 0 spiro atoms. The lowest BCUT2D eigenvalue weighted by Crippen LogP contribution is -2.23. The minimum Gasteiger partial charge on any atom is -0.298 e. The van der Waals surface area contributed by atoms with Crippen LogP contribution in [0.4, 0.5) is 0 Å². The monoisotopic (exact) mass is 185 g/mol. The first kappa shape index (κ1) is 10.2. The second-order valence-corrected chi connectivity index (χ2v) is 3.04. The molecule has 0 fully saturated rings. The van der Waals surface area contributed by atoms with Gasteiger partial charge in [0.1, 0.15) is 0 Å². The minimum atomic E-state index is -0.166. The summed E-state index contributed by atoms with van der Waals surface area (Å²) in [6, 6.07) is 11.3. The molecule has 0 heterocycles. The Morgan fingerprint density at radius 2 is 2.21 bits per heavy atom. The number of hydrogen-bond donors (Lipinski definition) is 1. The number of nitriles is 2. The van der Waals surface area contributed by atoms with E-state index in [1.54, 1.807) is 13.0 Å². The fourth-order valence-electron chi connectivity index (χ4n) is 1.07. The third-order valence-corrected chi connectivity index (χ3v) is 1.86. The van der Waals surface area contributed by atoms with Crippen LogP contribution < -0.4 is 5.32 Å². The predicted molar refractivity (Wildman–Crippen MR) is 53.1 cm³/mol. The summed E-state index contributed by atoms with van der Waals surface area (Å²) in [6.07, 6.45) is 0. The van der Waals surface area contributed by atoms with Gasteiger partial charge in [0.15, 0.2) is 0 Å². The van der Waals surface area contributed by atoms with Crippen LogP contribution in [0, 0.1) is 22.7 Å². The van der Waals surface area contributed by atoms with Crippen molar-refractivity contribution in [3.8, 4) is 12.1 Å². The Labute approximate surface area is 83.6 Å². The lowest BCUT2D eigenvalue weighted by Gasteiger charge is -2.05. The van der Waals surface area contributed by atoms with Gasteiger partial charge >= 0.3 is 0 Å². The fraction of sp³-hybridized carbons (Fsp3) is 0.273. The van der Waals surface area contributed by atoms with E-state index < -0.39 is 0 Å². The summed E-state index contributed by atoms with van der Waals surface area (Å²) < 4.78 is 0. The van der Waals surface area contributed by atoms with Crippen LogP contribution >= 0.6 is 0 Å². The van der Waals surface area contributed by atoms with Crippen LogP contribution in [0.15, 0.2) is 24.3 Å². The standard InChI is InChI=1S/C11H11N3/c1-9(6-12)14-8-11-4-2-3-10(5-11)7-13/h2-5,9,14H,8H2,1H3. The average Bonchev–Trinajstić information content (AvgIpc) is 2.26. The van der Waals surface area contributed by atoms with E-state index in [2.05, 4.69) is 17.5 Å². The highest BCUT2D eigenvalue weighted by Crippen LogP contribution is 2.03. The van der Waals surface area contributed by atoms with Gasteiger partial charge in [-0.05, 0) is 24.6 Å². The summed E-state index contributed by atoms with van der Waals surface area (Å²) in [6.45, 7) is 2.42. The van der Waals surface area contributed by atoms with Crippen LogP contribution in [0.2, 0.25) is 0 Å². The van der Waals surface area contributed by atoms with Gasteiger partial charge < -0.3 is 0 Å². The van der Waals surface area contributed by atoms with Crippen LogP contribution in [0.1, 0.15) is 18.1 Å². The van der Waals surface area contributed by atoms with Crippen molar-refractivity contribution in [1.82, 2.24) is 5.32 Å². The van der Waals surface area contributed by atoms with E-state index in [1.807, 2.05) is 18.2 Å². The van der Waals surface area contributed by atoms with E-state index in [0.29, 0.717) is 12.1 Å². The molecule has 0 amide bonds. The molecule has 1 aromatic rings. The quantitative estimate of drug-likeness (QED) is 0.777. The molecule has 0 saturated carbocycles. The van der Waals surface area contributed by atoms with E-state index in [0.717, 1.165) is 5.56 Å². The summed E-state index contributed by atoms with van der Waals surface area (Å²) in [4.78, 5) is 0. The van der Waals surface area contributed by atoms with Crippen molar-refractivity contribution in [3.05, 3.63) is 35.4 Å². The first-order valence-electron chi connectivity index (χ1n) is 4.38. The first-order valence-corrected chi connectivity index (χ1v) is 4.38. The van der Waals surface area contributed by atoms with E-state index in [4.69, 9.17) is 10.5 Å². The van der Waals surface area contributed by atoms with Crippen LogP contribution in [0.5, 0.6) is 0 Å². The molecule has 1 aromatic carbocycles. The summed E-state index contributed by atoms with van der Waals surface area (Å²) in [5.74, 6) is 0. The highest BCUT2D eigenvalue weighted by atomic mass is 14.9. The smallest absolute Gasteiger partial charge is 0.0991 e. The summed E-state index contributed by atoms with van der Waals surface area (Å²) in [7, 11) is 0. The molecule has 0 radical (unpaired) electrons. The number of nitrogens with one attached hydrogen (secondary N) is 1. The number of benzene rings is 1. The van der Waals surface area contributed by atoms with Gasteiger partial charge in [-0.3, -0.25) is 5.32 Å². The highest BCUT2D eigenvalue weighted by molar-refractivity contribution is 5.32. The lowest BCUT2D eigenvalue weighted by atomic mass is 10.1. The van der Waals surface area contributed by atoms with Crippen LogP contribution in [0.25, 0.3) is 0 Å². The van der Waals surface area contributed by atoms with Crippen molar-refractivity contribution < 1.29 is 0 Å². The largest absolute Gasteiger partial charge is 0.298 e. The van der Waals surface area contributed by atoms with E-state index in [1.165, 1.54) is 0 Å². The Balaban J connectivity index is 2.61. The van der Waals surface area contributed by atoms with E-state index in [9.17, 15) is 0 Å². The Hall–Kier alpha value is -1.84. The molecule has 1 unspecified atom stereocenters. The van der Waals surface area contributed by atoms with Crippen molar-refractivity contribution in [1.29, 1.82) is 10.5 Å². The third kappa shape index (κ3) is 2.90. The second-order valence-electron chi connectivity index (χ2n) is 3.04. The molecule has 0 aromatic heterocycles. The van der Waals surface area contributed by atoms with Crippen molar-refractivity contribution in [2.45, 2.75) is 19.5 Å². The Morgan fingerprint density at radius 3 is 2.86 bits per heavy atom. The fourth-order valence-corrected chi connectivity index (χ4v) is 1.07. The normalized spacial score (nSPS) is 11.4. The first-order chi connectivity index (χ1) is 6.76. The zero-order valence-electron chi connectivity index (χ0n) is 7.99. The van der Waals surface area contributed by atoms with E-state index in [-0.39, 0.29) is 6.04 Å². The molecular weight excluding hydrogens is 174 g/mol. The number of rotatable bonds is 3. The van der Waals surface area contributed by atoms with Gasteiger partial charge in [-0.1, -0.05) is 12.1 Å². The minimum absolute atomic E-state index is 0.166. The summed E-state index contributed by atoms with van der Waals surface area (Å²) in [5, 5.41) is 20.2. The van der Waals surface area contributed by atoms with Crippen molar-refractivity contribution in [2.24, 2.45) is 0 Å². The maximum atomic E-state index is 8.66. The second kappa shape index (κ2) is 5.01. The van der Waals surface area contributed by atoms with Crippen molar-refractivity contribution in [3.63, 3.8) is 0 Å². The van der Waals surface area contributed by atoms with Crippen molar-refractivity contribution >= 4 is 0 Å². The molecule has 3 heteroatoms. The molecular formula is C11H11N3. The average molecular weight is 185 g/mol. The third-order valence-electron chi connectivity index (χ3n) is 1.86. The molecule has 14 heavy (non-hydrogen) atoms. The molecule has 0 saturated heterocycles. The van der Waals surface area contributed by atoms with Gasteiger partial charge in [0, 0.05) is 6.54 Å². The van der Waals surface area contributed by atoms with E-state index >= 15 is 0 Å². The molecule has 1 atom stereocenters. The molecule has 1 N–H and O–H groups in total. The molecule has 0 aliphatic heterocycles. The molecule has 3 nitrogen and oxygen atoms in total. The molecule has 0 aliphatic rings. The maximum Gasteiger partial charge on any atom is 0.0991 e. The van der Waals surface area contributed by atoms with Crippen LogP contribution in [0.3, 0.4) is 0 Å². The van der Waals surface area contributed by atoms with Crippen LogP contribution in [-0.2, 0) is 6.54 Å². The zero-order chi connectivity index (χ0) is 10.4. The van der Waals surface area contributed by atoms with Gasteiger partial charge in [0.2, 0.25) is 0 Å². The molecule has 0 bridgehead atoms. The summed E-state index contributed by atoms with van der Waals surface area (Å²) in [5.41, 5.74) is 1.67. The molecule has 70 valence electrons. The zero-order valence-corrected chi connectivity index (χ0v) is 7.99.